The number of rotatable bonds is 3. The summed E-state index contributed by atoms with van der Waals surface area (Å²) >= 11 is 0. The van der Waals surface area contributed by atoms with Crippen molar-refractivity contribution in [3.63, 3.8) is 0 Å². The number of imidazole rings is 1. The number of carboxylic acids is 2. The number of carboxylic acid groups (broad SMARTS) is 2. The van der Waals surface area contributed by atoms with Gasteiger partial charge in [-0.25, -0.2) is 9.78 Å². The number of carbonyl (C=O) groups is 2. The molecular weight excluding hydrogens is 236 g/mol. The van der Waals surface area contributed by atoms with Gasteiger partial charge >= 0.3 is 5.97 Å². The van der Waals surface area contributed by atoms with E-state index in [0.717, 1.165) is 5.69 Å². The second kappa shape index (κ2) is 8.21. The van der Waals surface area contributed by atoms with Gasteiger partial charge in [0.1, 0.15) is 18.0 Å². The maximum Gasteiger partial charge on any atom is 0.335 e. The smallest absolute Gasteiger partial charge is 0.335 e. The number of aliphatic hydroxyl groups is 2. The second-order valence-corrected chi connectivity index (χ2v) is 2.83. The number of aromatic nitrogens is 2. The van der Waals surface area contributed by atoms with Gasteiger partial charge in [0, 0.05) is 6.92 Å². The summed E-state index contributed by atoms with van der Waals surface area (Å²) in [5.41, 5.74) is 1.16. The van der Waals surface area contributed by atoms with Gasteiger partial charge in [0.2, 0.25) is 6.33 Å². The highest BCUT2D eigenvalue weighted by molar-refractivity contribution is 5.81. The zero-order chi connectivity index (χ0) is 12.7. The molecule has 9 heteroatoms. The molecule has 9 nitrogen and oxygen atoms in total. The quantitative estimate of drug-likeness (QED) is 0.422. The molecule has 0 aromatic carbocycles. The van der Waals surface area contributed by atoms with Gasteiger partial charge in [-0.3, -0.25) is 4.98 Å². The van der Waals surface area contributed by atoms with Crippen LogP contribution in [0.25, 0.3) is 0 Å². The van der Waals surface area contributed by atoms with Crippen LogP contribution in [0.4, 0.5) is 0 Å². The van der Waals surface area contributed by atoms with E-state index >= 15 is 0 Å². The lowest BCUT2D eigenvalue weighted by Crippen LogP contribution is -2.46. The SMILES string of the molecule is Cc1c[nH+]c[nH]1.O.O=C([O-])[C@H](O)[C@@H](O)C(=O)O. The number of aliphatic hydroxyl groups excluding tert-OH is 2. The lowest BCUT2D eigenvalue weighted by molar-refractivity contribution is -0.376. The molecule has 7 N–H and O–H groups in total. The Morgan fingerprint density at radius 1 is 1.41 bits per heavy atom. The average molecular weight is 250 g/mol. The molecule has 0 spiro atoms. The van der Waals surface area contributed by atoms with Crippen LogP contribution in [0.3, 0.4) is 0 Å². The van der Waals surface area contributed by atoms with Crippen molar-refractivity contribution in [1.82, 2.24) is 4.98 Å². The number of hydrogen-bond donors (Lipinski definition) is 4. The monoisotopic (exact) mass is 250 g/mol. The Labute approximate surface area is 95.7 Å². The molecule has 1 rings (SSSR count). The van der Waals surface area contributed by atoms with Gasteiger partial charge in [-0.15, -0.1) is 0 Å². The van der Waals surface area contributed by atoms with Gasteiger partial charge in [-0.2, -0.15) is 0 Å². The first kappa shape index (κ1) is 17.4. The third-order valence-electron chi connectivity index (χ3n) is 1.48. The predicted molar refractivity (Wildman–Crippen MR) is 50.4 cm³/mol. The summed E-state index contributed by atoms with van der Waals surface area (Å²) in [4.78, 5) is 25.2. The third kappa shape index (κ3) is 7.00. The highest BCUT2D eigenvalue weighted by Crippen LogP contribution is 1.90. The lowest BCUT2D eigenvalue weighted by atomic mass is 10.2. The molecule has 0 saturated heterocycles. The Bertz CT molecular complexity index is 320. The lowest BCUT2D eigenvalue weighted by Gasteiger charge is -2.13. The molecule has 1 heterocycles. The highest BCUT2D eigenvalue weighted by atomic mass is 16.4. The van der Waals surface area contributed by atoms with Crippen molar-refractivity contribution in [3.05, 3.63) is 18.2 Å². The van der Waals surface area contributed by atoms with Crippen LogP contribution in [-0.4, -0.2) is 49.9 Å². The molecule has 1 aromatic rings. The number of aryl methyl sites for hydroxylation is 1. The molecule has 1 aromatic heterocycles. The molecule has 0 aliphatic heterocycles. The van der Waals surface area contributed by atoms with Crippen LogP contribution in [0.15, 0.2) is 12.5 Å². The molecule has 0 aliphatic carbocycles. The summed E-state index contributed by atoms with van der Waals surface area (Å²) in [7, 11) is 0. The van der Waals surface area contributed by atoms with E-state index in [1.54, 1.807) is 6.33 Å². The minimum atomic E-state index is -2.38. The molecule has 0 amide bonds. The summed E-state index contributed by atoms with van der Waals surface area (Å²) in [6.07, 6.45) is -1.02. The van der Waals surface area contributed by atoms with Gasteiger partial charge < -0.3 is 30.7 Å². The molecule has 0 fully saturated rings. The molecule has 0 saturated carbocycles. The minimum absolute atomic E-state index is 0. The fraction of sp³-hybridized carbons (Fsp3) is 0.375. The largest absolute Gasteiger partial charge is 0.547 e. The minimum Gasteiger partial charge on any atom is -0.547 e. The number of aliphatic carboxylic acids is 2. The summed E-state index contributed by atoms with van der Waals surface area (Å²) < 4.78 is 0. The van der Waals surface area contributed by atoms with Crippen LogP contribution in [0, 0.1) is 6.92 Å². The Morgan fingerprint density at radius 3 is 2.06 bits per heavy atom. The van der Waals surface area contributed by atoms with Gasteiger partial charge in [-0.1, -0.05) is 0 Å². The standard InChI is InChI=1S/C4H6N2.C4H6O6.H2O/c1-4-2-5-3-6-4;5-1(3(7)8)2(6)4(9)10;/h2-3H,1H3,(H,5,6);1-2,5-6H,(H,7,8)(H,9,10);1H2/t;1-,2-;/m.1./s1. The summed E-state index contributed by atoms with van der Waals surface area (Å²) in [5.74, 6) is -3.83. The first-order chi connectivity index (χ1) is 7.36. The number of H-pyrrole nitrogens is 2. The number of hydrogen-bond acceptors (Lipinski definition) is 5. The number of carbonyl (C=O) groups excluding carboxylic acids is 1. The molecule has 17 heavy (non-hydrogen) atoms. The zero-order valence-electron chi connectivity index (χ0n) is 8.88. The van der Waals surface area contributed by atoms with E-state index in [4.69, 9.17) is 15.3 Å². The van der Waals surface area contributed by atoms with Crippen LogP contribution >= 0.6 is 0 Å². The van der Waals surface area contributed by atoms with Crippen molar-refractivity contribution in [1.29, 1.82) is 0 Å². The molecule has 98 valence electrons. The van der Waals surface area contributed by atoms with Gasteiger partial charge in [0.15, 0.2) is 6.10 Å². The van der Waals surface area contributed by atoms with E-state index in [1.807, 2.05) is 13.1 Å². The van der Waals surface area contributed by atoms with E-state index in [1.165, 1.54) is 0 Å². The fourth-order valence-electron chi connectivity index (χ4n) is 0.628. The maximum atomic E-state index is 9.74. The van der Waals surface area contributed by atoms with Crippen LogP contribution in [0.5, 0.6) is 0 Å². The molecule has 0 radical (unpaired) electrons. The van der Waals surface area contributed by atoms with E-state index in [2.05, 4.69) is 9.97 Å². The van der Waals surface area contributed by atoms with Gasteiger partial charge in [0.05, 0.1) is 5.97 Å². The summed E-state index contributed by atoms with van der Waals surface area (Å²) in [6.45, 7) is 2.00. The first-order valence-electron chi connectivity index (χ1n) is 4.17. The van der Waals surface area contributed by atoms with Crippen LogP contribution < -0.4 is 10.1 Å². The number of nitrogens with one attached hydrogen (secondary N) is 2. The topological polar surface area (TPSA) is 179 Å². The van der Waals surface area contributed by atoms with Crippen molar-refractivity contribution in [2.45, 2.75) is 19.1 Å². The van der Waals surface area contributed by atoms with E-state index in [9.17, 15) is 14.7 Å². The van der Waals surface area contributed by atoms with E-state index < -0.39 is 24.1 Å². The summed E-state index contributed by atoms with van der Waals surface area (Å²) in [5, 5.41) is 34.1. The number of aromatic amines is 2. The fourth-order valence-corrected chi connectivity index (χ4v) is 0.628. The van der Waals surface area contributed by atoms with E-state index in [0.29, 0.717) is 0 Å². The average Bonchev–Trinajstić information content (AvgIpc) is 2.67. The predicted octanol–water partition coefficient (Wildman–Crippen LogP) is -4.14. The molecule has 0 bridgehead atoms. The van der Waals surface area contributed by atoms with Gasteiger partial charge in [0.25, 0.3) is 0 Å². The Hall–Kier alpha value is -1.97. The van der Waals surface area contributed by atoms with Crippen LogP contribution in [0.2, 0.25) is 0 Å². The van der Waals surface area contributed by atoms with Crippen molar-refractivity contribution in [2.24, 2.45) is 0 Å². The normalized spacial score (nSPS) is 12.4. The van der Waals surface area contributed by atoms with Crippen LogP contribution in [0.1, 0.15) is 5.69 Å². The van der Waals surface area contributed by atoms with Crippen LogP contribution in [-0.2, 0) is 9.59 Å². The summed E-state index contributed by atoms with van der Waals surface area (Å²) in [6, 6.07) is 0. The molecule has 0 unspecified atom stereocenters. The molecular formula is C8H14N2O7. The zero-order valence-corrected chi connectivity index (χ0v) is 8.88. The highest BCUT2D eigenvalue weighted by Gasteiger charge is 2.23. The maximum absolute atomic E-state index is 9.74. The van der Waals surface area contributed by atoms with Gasteiger partial charge in [-0.05, 0) is 0 Å². The Balaban J connectivity index is 0. The Morgan fingerprint density at radius 2 is 1.94 bits per heavy atom. The molecule has 2 atom stereocenters. The van der Waals surface area contributed by atoms with Crippen molar-refractivity contribution < 1.29 is 40.5 Å². The third-order valence-corrected chi connectivity index (χ3v) is 1.48. The van der Waals surface area contributed by atoms with Crippen molar-refractivity contribution in [2.75, 3.05) is 0 Å². The van der Waals surface area contributed by atoms with Crippen molar-refractivity contribution in [3.8, 4) is 0 Å². The Kier molecular flexibility index (Phi) is 8.42. The van der Waals surface area contributed by atoms with E-state index in [-0.39, 0.29) is 5.48 Å². The van der Waals surface area contributed by atoms with Crippen molar-refractivity contribution >= 4 is 11.9 Å². The second-order valence-electron chi connectivity index (χ2n) is 2.83. The molecule has 0 aliphatic rings. The first-order valence-corrected chi connectivity index (χ1v) is 4.17.